The van der Waals surface area contributed by atoms with Gasteiger partial charge in [0.2, 0.25) is 11.2 Å². The van der Waals surface area contributed by atoms with Gasteiger partial charge in [-0.05, 0) is 38.4 Å². The predicted octanol–water partition coefficient (Wildman–Crippen LogP) is 4.62. The van der Waals surface area contributed by atoms with E-state index in [2.05, 4.69) is 23.1 Å². The molecule has 1 aromatic heterocycles. The lowest BCUT2D eigenvalue weighted by molar-refractivity contribution is 0.123. The maximum absolute atomic E-state index is 5.80. The van der Waals surface area contributed by atoms with Crippen molar-refractivity contribution in [2.45, 2.75) is 40.2 Å². The number of halogens is 1. The Morgan fingerprint density at radius 3 is 2.06 bits per heavy atom. The molecule has 0 aliphatic heterocycles. The Morgan fingerprint density at radius 2 is 1.67 bits per heavy atom. The first-order valence-electron chi connectivity index (χ1n) is 5.89. The third-order valence-corrected chi connectivity index (χ3v) is 1.88. The van der Waals surface area contributed by atoms with Crippen molar-refractivity contribution in [3.05, 3.63) is 29.7 Å². The maximum atomic E-state index is 5.80. The molecule has 0 aromatic carbocycles. The van der Waals surface area contributed by atoms with E-state index in [0.717, 1.165) is 0 Å². The monoisotopic (exact) mass is 268 g/mol. The van der Waals surface area contributed by atoms with Crippen molar-refractivity contribution >= 4 is 23.8 Å². The van der Waals surface area contributed by atoms with Crippen molar-refractivity contribution in [2.24, 2.45) is 0 Å². The van der Waals surface area contributed by atoms with Gasteiger partial charge in [-0.15, -0.1) is 0 Å². The fourth-order valence-corrected chi connectivity index (χ4v) is 1.32. The molecule has 0 fully saturated rings. The standard InChI is InChI=1S/C12H15ClN2O.C2H6/c1-6-8-9(7-2)14-11(13)15-10(8)16-12(3,4)5;1-2/h6-7H,1-2H2,3-5H3;1-2H3. The SMILES string of the molecule is C=Cc1nc(Cl)nc(OC(C)(C)C)c1C=C.CC. The maximum Gasteiger partial charge on any atom is 0.226 e. The fourth-order valence-electron chi connectivity index (χ4n) is 1.15. The quantitative estimate of drug-likeness (QED) is 0.751. The third-order valence-electron chi connectivity index (χ3n) is 1.71. The highest BCUT2D eigenvalue weighted by molar-refractivity contribution is 6.28. The number of rotatable bonds is 3. The molecule has 0 aliphatic rings. The molecule has 0 atom stereocenters. The van der Waals surface area contributed by atoms with E-state index >= 15 is 0 Å². The van der Waals surface area contributed by atoms with Gasteiger partial charge in [0, 0.05) is 0 Å². The van der Waals surface area contributed by atoms with Crippen LogP contribution in [0.1, 0.15) is 45.9 Å². The van der Waals surface area contributed by atoms with Crippen LogP contribution >= 0.6 is 11.6 Å². The number of hydrogen-bond donors (Lipinski definition) is 0. The van der Waals surface area contributed by atoms with Gasteiger partial charge in [-0.25, -0.2) is 4.98 Å². The van der Waals surface area contributed by atoms with Crippen molar-refractivity contribution in [2.75, 3.05) is 0 Å². The first-order chi connectivity index (χ1) is 8.37. The molecule has 0 bridgehead atoms. The first kappa shape index (κ1) is 16.6. The van der Waals surface area contributed by atoms with E-state index < -0.39 is 0 Å². The fraction of sp³-hybridized carbons (Fsp3) is 0.429. The normalized spacial score (nSPS) is 10.1. The molecule has 100 valence electrons. The van der Waals surface area contributed by atoms with E-state index in [4.69, 9.17) is 16.3 Å². The number of aromatic nitrogens is 2. The summed E-state index contributed by atoms with van der Waals surface area (Å²) in [7, 11) is 0. The minimum Gasteiger partial charge on any atom is -0.471 e. The van der Waals surface area contributed by atoms with Gasteiger partial charge < -0.3 is 4.74 Å². The van der Waals surface area contributed by atoms with Crippen LogP contribution in [0.5, 0.6) is 5.88 Å². The van der Waals surface area contributed by atoms with Gasteiger partial charge in [0.1, 0.15) is 5.60 Å². The molecule has 4 heteroatoms. The average molecular weight is 269 g/mol. The van der Waals surface area contributed by atoms with E-state index in [1.165, 1.54) is 0 Å². The third kappa shape index (κ3) is 4.88. The van der Waals surface area contributed by atoms with E-state index in [9.17, 15) is 0 Å². The van der Waals surface area contributed by atoms with E-state index in [1.807, 2.05) is 34.6 Å². The van der Waals surface area contributed by atoms with Gasteiger partial charge in [0.25, 0.3) is 0 Å². The zero-order chi connectivity index (χ0) is 14.3. The van der Waals surface area contributed by atoms with Crippen LogP contribution in [-0.4, -0.2) is 15.6 Å². The molecule has 1 aromatic rings. The van der Waals surface area contributed by atoms with Crippen LogP contribution in [0.15, 0.2) is 13.2 Å². The van der Waals surface area contributed by atoms with E-state index in [0.29, 0.717) is 17.1 Å². The number of hydrogen-bond acceptors (Lipinski definition) is 3. The smallest absolute Gasteiger partial charge is 0.226 e. The lowest BCUT2D eigenvalue weighted by Gasteiger charge is -2.22. The predicted molar refractivity (Wildman–Crippen MR) is 79.0 cm³/mol. The molecule has 18 heavy (non-hydrogen) atoms. The summed E-state index contributed by atoms with van der Waals surface area (Å²) >= 11 is 5.80. The van der Waals surface area contributed by atoms with Crippen molar-refractivity contribution in [3.63, 3.8) is 0 Å². The van der Waals surface area contributed by atoms with Gasteiger partial charge in [-0.3, -0.25) is 0 Å². The minimum atomic E-state index is -0.353. The summed E-state index contributed by atoms with van der Waals surface area (Å²) in [6.07, 6.45) is 3.23. The zero-order valence-electron chi connectivity index (χ0n) is 11.7. The number of nitrogens with zero attached hydrogens (tertiary/aromatic N) is 2. The van der Waals surface area contributed by atoms with Gasteiger partial charge in [0.15, 0.2) is 0 Å². The van der Waals surface area contributed by atoms with Gasteiger partial charge >= 0.3 is 0 Å². The van der Waals surface area contributed by atoms with Crippen molar-refractivity contribution in [1.82, 2.24) is 9.97 Å². The summed E-state index contributed by atoms with van der Waals surface area (Å²) in [6, 6.07) is 0. The second-order valence-electron chi connectivity index (χ2n) is 4.22. The molecule has 0 unspecified atom stereocenters. The molecule has 0 saturated heterocycles. The average Bonchev–Trinajstić information content (AvgIpc) is 2.28. The Labute approximate surface area is 115 Å². The highest BCUT2D eigenvalue weighted by Gasteiger charge is 2.17. The summed E-state index contributed by atoms with van der Waals surface area (Å²) in [6.45, 7) is 17.2. The molecule has 1 rings (SSSR count). The van der Waals surface area contributed by atoms with Crippen LogP contribution in [0.3, 0.4) is 0 Å². The molecule has 0 spiro atoms. The van der Waals surface area contributed by atoms with Crippen LogP contribution in [0.4, 0.5) is 0 Å². The highest BCUT2D eigenvalue weighted by Crippen LogP contribution is 2.26. The Bertz CT molecular complexity index is 423. The van der Waals surface area contributed by atoms with Crippen molar-refractivity contribution < 1.29 is 4.74 Å². The first-order valence-corrected chi connectivity index (χ1v) is 6.26. The molecular formula is C14H21ClN2O. The van der Waals surface area contributed by atoms with Crippen LogP contribution in [0.25, 0.3) is 12.2 Å². The summed E-state index contributed by atoms with van der Waals surface area (Å²) in [4.78, 5) is 8.09. The van der Waals surface area contributed by atoms with Crippen molar-refractivity contribution in [1.29, 1.82) is 0 Å². The van der Waals surface area contributed by atoms with Crippen LogP contribution in [0, 0.1) is 0 Å². The molecule has 0 N–H and O–H groups in total. The lowest BCUT2D eigenvalue weighted by Crippen LogP contribution is -2.24. The van der Waals surface area contributed by atoms with Gasteiger partial charge in [-0.2, -0.15) is 4.98 Å². The topological polar surface area (TPSA) is 35.0 Å². The van der Waals surface area contributed by atoms with E-state index in [-0.39, 0.29) is 10.9 Å². The summed E-state index contributed by atoms with van der Waals surface area (Å²) in [5.41, 5.74) is 0.969. The van der Waals surface area contributed by atoms with Crippen LogP contribution < -0.4 is 4.74 Å². The van der Waals surface area contributed by atoms with Crippen LogP contribution in [-0.2, 0) is 0 Å². The van der Waals surface area contributed by atoms with Gasteiger partial charge in [0.05, 0.1) is 11.3 Å². The molecule has 1 heterocycles. The Kier molecular flexibility index (Phi) is 6.63. The molecule has 0 radical (unpaired) electrons. The summed E-state index contributed by atoms with van der Waals surface area (Å²) in [5, 5.41) is 0.139. The molecular weight excluding hydrogens is 248 g/mol. The largest absolute Gasteiger partial charge is 0.471 e. The number of ether oxygens (including phenoxy) is 1. The van der Waals surface area contributed by atoms with Crippen molar-refractivity contribution in [3.8, 4) is 5.88 Å². The highest BCUT2D eigenvalue weighted by atomic mass is 35.5. The minimum absolute atomic E-state index is 0.139. The summed E-state index contributed by atoms with van der Waals surface area (Å²) in [5.74, 6) is 0.428. The second kappa shape index (κ2) is 7.17. The second-order valence-corrected chi connectivity index (χ2v) is 4.56. The van der Waals surface area contributed by atoms with Crippen LogP contribution in [0.2, 0.25) is 5.28 Å². The van der Waals surface area contributed by atoms with E-state index in [1.54, 1.807) is 12.2 Å². The summed E-state index contributed by atoms with van der Waals surface area (Å²) < 4.78 is 5.69. The molecule has 0 saturated carbocycles. The molecule has 0 aliphatic carbocycles. The molecule has 3 nitrogen and oxygen atoms in total. The molecule has 0 amide bonds. The Balaban J connectivity index is 0.00000137. The Hall–Kier alpha value is -1.35. The van der Waals surface area contributed by atoms with Gasteiger partial charge in [-0.1, -0.05) is 33.1 Å². The zero-order valence-corrected chi connectivity index (χ0v) is 12.5. The Morgan fingerprint density at radius 1 is 1.11 bits per heavy atom. The lowest BCUT2D eigenvalue weighted by atomic mass is 10.1.